The molecule has 2 N–H and O–H groups in total. The van der Waals surface area contributed by atoms with Crippen molar-refractivity contribution in [3.8, 4) is 0 Å². The lowest BCUT2D eigenvalue weighted by Crippen LogP contribution is -2.18. The summed E-state index contributed by atoms with van der Waals surface area (Å²) < 4.78 is 0. The molecule has 0 spiro atoms. The number of hydrogen-bond donors (Lipinski definition) is 2. The topological polar surface area (TPSA) is 52.8 Å². The second-order valence-corrected chi connectivity index (χ2v) is 4.76. The number of nitrogens with zero attached hydrogens (tertiary/aromatic N) is 1. The Hall–Kier alpha value is -1.35. The molecule has 0 aliphatic carbocycles. The first kappa shape index (κ1) is 14.7. The van der Waals surface area contributed by atoms with Gasteiger partial charge in [0.2, 0.25) is 0 Å². The molecule has 3 nitrogen and oxygen atoms in total. The number of hydrogen-bond acceptors (Lipinski definition) is 3. The van der Waals surface area contributed by atoms with Crippen LogP contribution in [0.2, 0.25) is 0 Å². The molecule has 0 saturated carbocycles. The smallest absolute Gasteiger partial charge is 0.0898 e. The molecule has 1 aromatic rings. The van der Waals surface area contributed by atoms with Crippen molar-refractivity contribution < 1.29 is 10.3 Å². The fourth-order valence-corrected chi connectivity index (χ4v) is 2.19. The Bertz CT molecular complexity index is 360. The maximum atomic E-state index is 9.39. The molecule has 1 rings (SSSR count). The largest absolute Gasteiger partial charge is 0.411 e. The average molecular weight is 249 g/mol. The van der Waals surface area contributed by atoms with Crippen LogP contribution < -0.4 is 0 Å². The van der Waals surface area contributed by atoms with Crippen molar-refractivity contribution in [3.05, 3.63) is 35.9 Å². The first-order valence-electron chi connectivity index (χ1n) is 6.64. The molecule has 0 radical (unpaired) electrons. The molecule has 0 aliphatic heterocycles. The van der Waals surface area contributed by atoms with Gasteiger partial charge in [0.05, 0.1) is 11.8 Å². The van der Waals surface area contributed by atoms with E-state index in [4.69, 9.17) is 0 Å². The Labute approximate surface area is 109 Å². The summed E-state index contributed by atoms with van der Waals surface area (Å²) in [5, 5.41) is 22.1. The van der Waals surface area contributed by atoms with Gasteiger partial charge in [-0.2, -0.15) is 0 Å². The van der Waals surface area contributed by atoms with Crippen LogP contribution in [0.25, 0.3) is 0 Å². The second kappa shape index (κ2) is 7.88. The number of rotatable bonds is 7. The molecule has 0 amide bonds. The summed E-state index contributed by atoms with van der Waals surface area (Å²) in [7, 11) is 0. The van der Waals surface area contributed by atoms with E-state index in [2.05, 4.69) is 12.1 Å². The minimum atomic E-state index is -0.305. The molecular weight excluding hydrogens is 226 g/mol. The zero-order valence-corrected chi connectivity index (χ0v) is 11.2. The van der Waals surface area contributed by atoms with Crippen LogP contribution in [-0.2, 0) is 0 Å². The molecule has 0 aromatic heterocycles. The molecule has 0 aliphatic rings. The van der Waals surface area contributed by atoms with Gasteiger partial charge in [0.25, 0.3) is 0 Å². The molecule has 2 unspecified atom stereocenters. The third-order valence-electron chi connectivity index (χ3n) is 3.13. The summed E-state index contributed by atoms with van der Waals surface area (Å²) in [4.78, 5) is 0. The van der Waals surface area contributed by atoms with Gasteiger partial charge in [-0.05, 0) is 31.7 Å². The SMILES string of the molecule is CCCC(CCC(C)O)C(=NO)c1ccccc1. The predicted molar refractivity (Wildman–Crippen MR) is 74.1 cm³/mol. The monoisotopic (exact) mass is 249 g/mol. The second-order valence-electron chi connectivity index (χ2n) is 4.76. The summed E-state index contributed by atoms with van der Waals surface area (Å²) in [6, 6.07) is 9.75. The average Bonchev–Trinajstić information content (AvgIpc) is 2.38. The normalized spacial score (nSPS) is 15.4. The minimum Gasteiger partial charge on any atom is -0.411 e. The van der Waals surface area contributed by atoms with Gasteiger partial charge in [-0.15, -0.1) is 0 Å². The van der Waals surface area contributed by atoms with Crippen molar-refractivity contribution >= 4 is 5.71 Å². The van der Waals surface area contributed by atoms with Gasteiger partial charge in [-0.3, -0.25) is 0 Å². The van der Waals surface area contributed by atoms with Crippen LogP contribution in [0.1, 0.15) is 45.1 Å². The van der Waals surface area contributed by atoms with Crippen LogP contribution >= 0.6 is 0 Å². The first-order chi connectivity index (χ1) is 8.69. The molecule has 0 heterocycles. The van der Waals surface area contributed by atoms with Crippen LogP contribution in [0, 0.1) is 5.92 Å². The van der Waals surface area contributed by atoms with Crippen molar-refractivity contribution in [2.75, 3.05) is 0 Å². The highest BCUT2D eigenvalue weighted by Gasteiger charge is 2.18. The van der Waals surface area contributed by atoms with E-state index in [0.717, 1.165) is 37.0 Å². The van der Waals surface area contributed by atoms with Gasteiger partial charge in [0.1, 0.15) is 0 Å². The van der Waals surface area contributed by atoms with Crippen molar-refractivity contribution in [1.29, 1.82) is 0 Å². The quantitative estimate of drug-likeness (QED) is 0.442. The molecule has 100 valence electrons. The van der Waals surface area contributed by atoms with E-state index >= 15 is 0 Å². The highest BCUT2D eigenvalue weighted by molar-refractivity contribution is 6.01. The molecular formula is C15H23NO2. The maximum Gasteiger partial charge on any atom is 0.0898 e. The van der Waals surface area contributed by atoms with E-state index in [9.17, 15) is 10.3 Å². The van der Waals surface area contributed by atoms with Gasteiger partial charge in [0.15, 0.2) is 0 Å². The van der Waals surface area contributed by atoms with Gasteiger partial charge in [0, 0.05) is 5.92 Å². The van der Waals surface area contributed by atoms with E-state index in [0.29, 0.717) is 0 Å². The van der Waals surface area contributed by atoms with E-state index < -0.39 is 0 Å². The highest BCUT2D eigenvalue weighted by Crippen LogP contribution is 2.21. The molecule has 0 fully saturated rings. The number of benzene rings is 1. The standard InChI is InChI=1S/C15H23NO2/c1-3-7-13(11-10-12(2)17)15(16-18)14-8-5-4-6-9-14/h4-6,8-9,12-13,17-18H,3,7,10-11H2,1-2H3. The van der Waals surface area contributed by atoms with E-state index in [1.54, 1.807) is 6.92 Å². The zero-order chi connectivity index (χ0) is 13.4. The van der Waals surface area contributed by atoms with Crippen molar-refractivity contribution in [1.82, 2.24) is 0 Å². The minimum absolute atomic E-state index is 0.206. The Morgan fingerprint density at radius 3 is 2.33 bits per heavy atom. The lowest BCUT2D eigenvalue weighted by molar-refractivity contribution is 0.176. The Kier molecular flexibility index (Phi) is 6.44. The summed E-state index contributed by atoms with van der Waals surface area (Å²) in [5.74, 6) is 0.206. The van der Waals surface area contributed by atoms with E-state index in [1.807, 2.05) is 30.3 Å². The zero-order valence-electron chi connectivity index (χ0n) is 11.2. The summed E-state index contributed by atoms with van der Waals surface area (Å²) in [5.41, 5.74) is 1.70. The lowest BCUT2D eigenvalue weighted by atomic mass is 9.88. The molecule has 2 atom stereocenters. The lowest BCUT2D eigenvalue weighted by Gasteiger charge is -2.18. The van der Waals surface area contributed by atoms with Crippen molar-refractivity contribution in [2.24, 2.45) is 11.1 Å². The Morgan fingerprint density at radius 1 is 1.17 bits per heavy atom. The molecule has 0 bridgehead atoms. The van der Waals surface area contributed by atoms with Crippen LogP contribution in [0.15, 0.2) is 35.5 Å². The number of aliphatic hydroxyl groups is 1. The fraction of sp³-hybridized carbons (Fsp3) is 0.533. The van der Waals surface area contributed by atoms with Crippen molar-refractivity contribution in [3.63, 3.8) is 0 Å². The van der Waals surface area contributed by atoms with Crippen LogP contribution in [-0.4, -0.2) is 22.1 Å². The molecule has 1 aromatic carbocycles. The molecule has 18 heavy (non-hydrogen) atoms. The Balaban J connectivity index is 2.81. The van der Waals surface area contributed by atoms with Gasteiger partial charge < -0.3 is 10.3 Å². The first-order valence-corrected chi connectivity index (χ1v) is 6.64. The third kappa shape index (κ3) is 4.49. The maximum absolute atomic E-state index is 9.39. The Morgan fingerprint density at radius 2 is 1.83 bits per heavy atom. The van der Waals surface area contributed by atoms with Crippen LogP contribution in [0.4, 0.5) is 0 Å². The molecule has 0 saturated heterocycles. The highest BCUT2D eigenvalue weighted by atomic mass is 16.4. The van der Waals surface area contributed by atoms with Gasteiger partial charge >= 0.3 is 0 Å². The third-order valence-corrected chi connectivity index (χ3v) is 3.13. The summed E-state index contributed by atoms with van der Waals surface area (Å²) in [6.07, 6.45) is 3.29. The van der Waals surface area contributed by atoms with Crippen LogP contribution in [0.5, 0.6) is 0 Å². The van der Waals surface area contributed by atoms with Crippen LogP contribution in [0.3, 0.4) is 0 Å². The fourth-order valence-electron chi connectivity index (χ4n) is 2.19. The van der Waals surface area contributed by atoms with E-state index in [1.165, 1.54) is 0 Å². The van der Waals surface area contributed by atoms with Gasteiger partial charge in [-0.25, -0.2) is 0 Å². The predicted octanol–water partition coefficient (Wildman–Crippen LogP) is 3.44. The molecule has 3 heteroatoms. The van der Waals surface area contributed by atoms with E-state index in [-0.39, 0.29) is 12.0 Å². The number of oxime groups is 1. The summed E-state index contributed by atoms with van der Waals surface area (Å²) >= 11 is 0. The number of aliphatic hydroxyl groups excluding tert-OH is 1. The van der Waals surface area contributed by atoms with Crippen molar-refractivity contribution in [2.45, 2.75) is 45.6 Å². The van der Waals surface area contributed by atoms with Gasteiger partial charge in [-0.1, -0.05) is 48.8 Å². The summed E-state index contributed by atoms with van der Waals surface area (Å²) in [6.45, 7) is 3.91.